The summed E-state index contributed by atoms with van der Waals surface area (Å²) in [6.45, 7) is 7.14. The Bertz CT molecular complexity index is 1360. The van der Waals surface area contributed by atoms with Gasteiger partial charge in [-0.2, -0.15) is 0 Å². The molecule has 9 heteroatoms. The van der Waals surface area contributed by atoms with E-state index in [9.17, 15) is 18.0 Å². The van der Waals surface area contributed by atoms with Crippen molar-refractivity contribution in [1.29, 1.82) is 0 Å². The summed E-state index contributed by atoms with van der Waals surface area (Å²) in [7, 11) is -2.59. The molecule has 0 heterocycles. The van der Waals surface area contributed by atoms with Gasteiger partial charge >= 0.3 is 0 Å². The molecule has 2 atom stereocenters. The lowest BCUT2D eigenvalue weighted by Gasteiger charge is -2.32. The minimum atomic E-state index is -4.11. The molecular formula is C30H37N3O5S. The van der Waals surface area contributed by atoms with Gasteiger partial charge < -0.3 is 15.0 Å². The number of nitrogens with zero attached hydrogens (tertiary/aromatic N) is 2. The highest BCUT2D eigenvalue weighted by Crippen LogP contribution is 2.26. The molecule has 3 aromatic carbocycles. The molecule has 2 unspecified atom stereocenters. The summed E-state index contributed by atoms with van der Waals surface area (Å²) in [6.07, 6.45) is 0.741. The summed E-state index contributed by atoms with van der Waals surface area (Å²) in [5.41, 5.74) is 2.16. The summed E-state index contributed by atoms with van der Waals surface area (Å²) in [6, 6.07) is 21.2. The normalized spacial score (nSPS) is 12.7. The van der Waals surface area contributed by atoms with Crippen molar-refractivity contribution in [3.8, 4) is 5.75 Å². The molecule has 0 saturated heterocycles. The van der Waals surface area contributed by atoms with Crippen LogP contribution < -0.4 is 14.4 Å². The standard InChI is InChI=1S/C30H37N3O5S/c1-6-23(3)31-30(35)24(4)32(20-25-12-10-11-22(2)19-25)29(34)21-33(26-15-17-27(38-5)18-16-26)39(36,37)28-13-8-7-9-14-28/h7-19,23-24H,6,20-21H2,1-5H3,(H,31,35). The Labute approximate surface area is 231 Å². The number of benzene rings is 3. The predicted octanol–water partition coefficient (Wildman–Crippen LogP) is 4.53. The topological polar surface area (TPSA) is 96.0 Å². The maximum absolute atomic E-state index is 13.9. The summed E-state index contributed by atoms with van der Waals surface area (Å²) < 4.78 is 33.9. The van der Waals surface area contributed by atoms with E-state index >= 15 is 0 Å². The molecule has 0 aromatic heterocycles. The lowest BCUT2D eigenvalue weighted by molar-refractivity contribution is -0.139. The minimum absolute atomic E-state index is 0.0569. The maximum Gasteiger partial charge on any atom is 0.264 e. The largest absolute Gasteiger partial charge is 0.497 e. The van der Waals surface area contributed by atoms with Crippen LogP contribution in [0, 0.1) is 6.92 Å². The van der Waals surface area contributed by atoms with E-state index in [-0.39, 0.29) is 23.4 Å². The number of rotatable bonds is 12. The SMILES string of the molecule is CCC(C)NC(=O)C(C)N(Cc1cccc(C)c1)C(=O)CN(c1ccc(OC)cc1)S(=O)(=O)c1ccccc1. The number of carbonyl (C=O) groups is 2. The Balaban J connectivity index is 2.02. The van der Waals surface area contributed by atoms with Gasteiger partial charge in [0.1, 0.15) is 18.3 Å². The summed E-state index contributed by atoms with van der Waals surface area (Å²) >= 11 is 0. The molecule has 0 saturated carbocycles. The summed E-state index contributed by atoms with van der Waals surface area (Å²) in [5, 5.41) is 2.94. The van der Waals surface area contributed by atoms with Gasteiger partial charge in [-0.05, 0) is 69.2 Å². The van der Waals surface area contributed by atoms with Crippen LogP contribution in [0.15, 0.2) is 83.8 Å². The van der Waals surface area contributed by atoms with E-state index in [2.05, 4.69) is 5.32 Å². The van der Waals surface area contributed by atoms with Gasteiger partial charge in [-0.15, -0.1) is 0 Å². The summed E-state index contributed by atoms with van der Waals surface area (Å²) in [5.74, 6) is -0.246. The van der Waals surface area contributed by atoms with Crippen molar-refractivity contribution >= 4 is 27.5 Å². The van der Waals surface area contributed by atoms with Gasteiger partial charge in [0.25, 0.3) is 10.0 Å². The van der Waals surface area contributed by atoms with Crippen LogP contribution in [0.3, 0.4) is 0 Å². The molecule has 8 nitrogen and oxygen atoms in total. The van der Waals surface area contributed by atoms with Crippen molar-refractivity contribution in [1.82, 2.24) is 10.2 Å². The second kappa shape index (κ2) is 13.3. The fraction of sp³-hybridized carbons (Fsp3) is 0.333. The maximum atomic E-state index is 13.9. The van der Waals surface area contributed by atoms with E-state index in [0.29, 0.717) is 11.4 Å². The lowest BCUT2D eigenvalue weighted by atomic mass is 10.1. The Kier molecular flexibility index (Phi) is 10.1. The molecule has 208 valence electrons. The molecule has 0 aliphatic heterocycles. The van der Waals surface area contributed by atoms with Crippen LogP contribution in [0.1, 0.15) is 38.3 Å². The second-order valence-electron chi connectivity index (χ2n) is 9.53. The van der Waals surface area contributed by atoms with Gasteiger partial charge in [-0.1, -0.05) is 55.0 Å². The van der Waals surface area contributed by atoms with E-state index in [1.165, 1.54) is 24.1 Å². The zero-order chi connectivity index (χ0) is 28.6. The van der Waals surface area contributed by atoms with Crippen LogP contribution in [0.25, 0.3) is 0 Å². The number of aryl methyl sites for hydroxylation is 1. The molecule has 0 aliphatic carbocycles. The molecule has 3 aromatic rings. The highest BCUT2D eigenvalue weighted by Gasteiger charge is 2.32. The van der Waals surface area contributed by atoms with Crippen LogP contribution in [0.5, 0.6) is 5.75 Å². The van der Waals surface area contributed by atoms with Gasteiger partial charge in [0, 0.05) is 12.6 Å². The number of ether oxygens (including phenoxy) is 1. The van der Waals surface area contributed by atoms with Crippen LogP contribution in [-0.2, 0) is 26.2 Å². The molecule has 2 amide bonds. The Morgan fingerprint density at radius 2 is 1.62 bits per heavy atom. The first-order valence-electron chi connectivity index (χ1n) is 12.9. The number of carbonyl (C=O) groups excluding carboxylic acids is 2. The van der Waals surface area contributed by atoms with E-state index < -0.39 is 28.5 Å². The van der Waals surface area contributed by atoms with Gasteiger partial charge in [0.2, 0.25) is 11.8 Å². The first-order valence-corrected chi connectivity index (χ1v) is 14.4. The Morgan fingerprint density at radius 1 is 0.949 bits per heavy atom. The molecule has 0 radical (unpaired) electrons. The Hall–Kier alpha value is -3.85. The fourth-order valence-electron chi connectivity index (χ4n) is 4.05. The average molecular weight is 552 g/mol. The highest BCUT2D eigenvalue weighted by atomic mass is 32.2. The number of anilines is 1. The first-order chi connectivity index (χ1) is 18.6. The molecule has 0 spiro atoms. The van der Waals surface area contributed by atoms with E-state index in [1.54, 1.807) is 49.4 Å². The van der Waals surface area contributed by atoms with E-state index in [1.807, 2.05) is 45.0 Å². The van der Waals surface area contributed by atoms with Gasteiger partial charge in [0.05, 0.1) is 17.7 Å². The fourth-order valence-corrected chi connectivity index (χ4v) is 5.49. The van der Waals surface area contributed by atoms with Crippen molar-refractivity contribution < 1.29 is 22.7 Å². The van der Waals surface area contributed by atoms with Crippen molar-refractivity contribution in [3.05, 3.63) is 90.0 Å². The second-order valence-corrected chi connectivity index (χ2v) is 11.4. The van der Waals surface area contributed by atoms with Crippen LogP contribution >= 0.6 is 0 Å². The van der Waals surface area contributed by atoms with E-state index in [4.69, 9.17) is 4.74 Å². The van der Waals surface area contributed by atoms with Gasteiger partial charge in [-0.25, -0.2) is 8.42 Å². The lowest BCUT2D eigenvalue weighted by Crippen LogP contribution is -2.52. The van der Waals surface area contributed by atoms with Crippen molar-refractivity contribution in [2.75, 3.05) is 18.0 Å². The minimum Gasteiger partial charge on any atom is -0.497 e. The van der Waals surface area contributed by atoms with Crippen molar-refractivity contribution in [3.63, 3.8) is 0 Å². The molecule has 0 aliphatic rings. The molecule has 39 heavy (non-hydrogen) atoms. The third-order valence-corrected chi connectivity index (χ3v) is 8.36. The monoisotopic (exact) mass is 551 g/mol. The molecule has 3 rings (SSSR count). The van der Waals surface area contributed by atoms with Crippen LogP contribution in [0.2, 0.25) is 0 Å². The molecule has 0 bridgehead atoms. The molecule has 0 fully saturated rings. The van der Waals surface area contributed by atoms with E-state index in [0.717, 1.165) is 21.9 Å². The number of hydrogen-bond acceptors (Lipinski definition) is 5. The number of amides is 2. The van der Waals surface area contributed by atoms with Gasteiger partial charge in [0.15, 0.2) is 0 Å². The first kappa shape index (κ1) is 29.7. The average Bonchev–Trinajstić information content (AvgIpc) is 2.94. The third-order valence-electron chi connectivity index (χ3n) is 6.57. The van der Waals surface area contributed by atoms with Crippen LogP contribution in [-0.4, -0.2) is 50.9 Å². The number of sulfonamides is 1. The number of nitrogens with one attached hydrogen (secondary N) is 1. The zero-order valence-electron chi connectivity index (χ0n) is 23.1. The smallest absolute Gasteiger partial charge is 0.264 e. The summed E-state index contributed by atoms with van der Waals surface area (Å²) in [4.78, 5) is 28.5. The van der Waals surface area contributed by atoms with Crippen molar-refractivity contribution in [2.24, 2.45) is 0 Å². The van der Waals surface area contributed by atoms with Crippen molar-refractivity contribution in [2.45, 2.75) is 57.6 Å². The van der Waals surface area contributed by atoms with Crippen LogP contribution in [0.4, 0.5) is 5.69 Å². The zero-order valence-corrected chi connectivity index (χ0v) is 23.9. The van der Waals surface area contributed by atoms with Gasteiger partial charge in [-0.3, -0.25) is 13.9 Å². The predicted molar refractivity (Wildman–Crippen MR) is 153 cm³/mol. The molecule has 1 N–H and O–H groups in total. The molecular weight excluding hydrogens is 514 g/mol. The number of methoxy groups -OCH3 is 1. The third kappa shape index (κ3) is 7.60. The highest BCUT2D eigenvalue weighted by molar-refractivity contribution is 7.92. The number of hydrogen-bond donors (Lipinski definition) is 1. The quantitative estimate of drug-likeness (QED) is 0.357. The Morgan fingerprint density at radius 3 is 2.21 bits per heavy atom.